The van der Waals surface area contributed by atoms with E-state index < -0.39 is 0 Å². The number of fused-ring (bicyclic) bond motifs is 3. The second-order valence-corrected chi connectivity index (χ2v) is 9.03. The normalized spacial score (nSPS) is 24.3. The maximum Gasteiger partial charge on any atom is 0.159 e. The van der Waals surface area contributed by atoms with E-state index in [9.17, 15) is 4.79 Å². The van der Waals surface area contributed by atoms with E-state index in [4.69, 9.17) is 0 Å². The van der Waals surface area contributed by atoms with Crippen molar-refractivity contribution in [3.05, 3.63) is 100 Å². The van der Waals surface area contributed by atoms with Crippen molar-refractivity contribution in [2.75, 3.05) is 0 Å². The Balaban J connectivity index is 1.62. The molecule has 0 bridgehead atoms. The Labute approximate surface area is 167 Å². The van der Waals surface area contributed by atoms with Gasteiger partial charge in [-0.15, -0.1) is 0 Å². The van der Waals surface area contributed by atoms with Gasteiger partial charge in [-0.25, -0.2) is 0 Å². The molecule has 2 unspecified atom stereocenters. The van der Waals surface area contributed by atoms with Crippen LogP contribution in [-0.2, 0) is 5.41 Å². The fourth-order valence-corrected chi connectivity index (χ4v) is 5.27. The van der Waals surface area contributed by atoms with Crippen molar-refractivity contribution < 1.29 is 4.79 Å². The van der Waals surface area contributed by atoms with Crippen molar-refractivity contribution >= 4 is 11.4 Å². The van der Waals surface area contributed by atoms with E-state index in [2.05, 4.69) is 74.5 Å². The summed E-state index contributed by atoms with van der Waals surface area (Å²) in [5, 5.41) is 0. The molecule has 5 rings (SSSR count). The first-order valence-corrected chi connectivity index (χ1v) is 10.3. The van der Waals surface area contributed by atoms with Gasteiger partial charge in [0.1, 0.15) is 0 Å². The number of carbonyl (C=O) groups is 1. The molecule has 3 aliphatic rings. The molecule has 0 amide bonds. The highest BCUT2D eigenvalue weighted by molar-refractivity contribution is 5.99. The third-order valence-electron chi connectivity index (χ3n) is 6.74. The Kier molecular flexibility index (Phi) is 3.84. The quantitative estimate of drug-likeness (QED) is 0.558. The molecule has 0 fully saturated rings. The molecule has 0 saturated carbocycles. The van der Waals surface area contributed by atoms with E-state index in [1.54, 1.807) is 6.92 Å². The lowest BCUT2D eigenvalue weighted by Crippen LogP contribution is -2.24. The maximum atomic E-state index is 12.0. The molecule has 0 saturated heterocycles. The smallest absolute Gasteiger partial charge is 0.159 e. The lowest BCUT2D eigenvalue weighted by molar-refractivity contribution is 0.101. The van der Waals surface area contributed by atoms with Gasteiger partial charge in [0.2, 0.25) is 0 Å². The zero-order valence-electron chi connectivity index (χ0n) is 16.8. The van der Waals surface area contributed by atoms with Crippen LogP contribution in [0.2, 0.25) is 0 Å². The van der Waals surface area contributed by atoms with Crippen LogP contribution >= 0.6 is 0 Å². The average molecular weight is 367 g/mol. The second kappa shape index (κ2) is 6.17. The largest absolute Gasteiger partial charge is 0.295 e. The molecule has 2 aromatic rings. The summed E-state index contributed by atoms with van der Waals surface area (Å²) in [6, 6.07) is 17.2. The Hall–Kier alpha value is -2.67. The van der Waals surface area contributed by atoms with E-state index in [1.807, 2.05) is 6.07 Å². The average Bonchev–Trinajstić information content (AvgIpc) is 3.41. The molecule has 0 N–H and O–H groups in total. The number of carbonyl (C=O) groups excluding carboxylic acids is 1. The van der Waals surface area contributed by atoms with Crippen molar-refractivity contribution in [1.82, 2.24) is 0 Å². The summed E-state index contributed by atoms with van der Waals surface area (Å²) in [4.78, 5) is 12.0. The number of rotatable bonds is 3. The van der Waals surface area contributed by atoms with Crippen LogP contribution in [0.25, 0.3) is 5.57 Å². The van der Waals surface area contributed by atoms with Crippen LogP contribution in [0.1, 0.15) is 66.6 Å². The summed E-state index contributed by atoms with van der Waals surface area (Å²) in [5.41, 5.74) is 9.55. The van der Waals surface area contributed by atoms with Crippen LogP contribution in [0.5, 0.6) is 0 Å². The minimum atomic E-state index is 0.133. The number of hydrogen-bond donors (Lipinski definition) is 0. The molecular formula is C27H26O. The van der Waals surface area contributed by atoms with E-state index in [1.165, 1.54) is 33.4 Å². The van der Waals surface area contributed by atoms with E-state index in [-0.39, 0.29) is 11.2 Å². The molecule has 0 radical (unpaired) electrons. The van der Waals surface area contributed by atoms with Crippen LogP contribution in [-0.4, -0.2) is 5.78 Å². The number of benzene rings is 2. The SMILES string of the molecule is CC(=O)c1ccc2c(c1)C1=C(C3=CC=CCC3c3ccccc3)C1CC2(C)C. The highest BCUT2D eigenvalue weighted by Gasteiger charge is 2.49. The summed E-state index contributed by atoms with van der Waals surface area (Å²) in [6.07, 6.45) is 9.04. The van der Waals surface area contributed by atoms with Gasteiger partial charge in [-0.1, -0.05) is 74.5 Å². The van der Waals surface area contributed by atoms with E-state index in [0.29, 0.717) is 11.8 Å². The summed E-state index contributed by atoms with van der Waals surface area (Å²) >= 11 is 0. The Morgan fingerprint density at radius 3 is 2.54 bits per heavy atom. The topological polar surface area (TPSA) is 17.1 Å². The van der Waals surface area contributed by atoms with Crippen molar-refractivity contribution in [3.63, 3.8) is 0 Å². The van der Waals surface area contributed by atoms with Crippen LogP contribution in [0.15, 0.2) is 77.9 Å². The molecular weight excluding hydrogens is 340 g/mol. The highest BCUT2D eigenvalue weighted by Crippen LogP contribution is 2.63. The summed E-state index contributed by atoms with van der Waals surface area (Å²) in [7, 11) is 0. The molecule has 0 heterocycles. The minimum absolute atomic E-state index is 0.133. The molecule has 0 aromatic heterocycles. The number of Topliss-reactive ketones (excluding diaryl/α,β-unsaturated/α-hetero) is 1. The van der Waals surface area contributed by atoms with E-state index >= 15 is 0 Å². The lowest BCUT2D eigenvalue weighted by Gasteiger charge is -2.32. The van der Waals surface area contributed by atoms with Gasteiger partial charge in [0.15, 0.2) is 5.78 Å². The second-order valence-electron chi connectivity index (χ2n) is 9.03. The molecule has 140 valence electrons. The van der Waals surface area contributed by atoms with Crippen molar-refractivity contribution in [1.29, 1.82) is 0 Å². The van der Waals surface area contributed by atoms with Crippen molar-refractivity contribution in [2.45, 2.75) is 44.9 Å². The molecule has 0 aliphatic heterocycles. The van der Waals surface area contributed by atoms with E-state index in [0.717, 1.165) is 18.4 Å². The zero-order chi connectivity index (χ0) is 19.5. The third kappa shape index (κ3) is 2.64. The first-order valence-electron chi connectivity index (χ1n) is 10.3. The van der Waals surface area contributed by atoms with Gasteiger partial charge in [0.05, 0.1) is 0 Å². The van der Waals surface area contributed by atoms with Gasteiger partial charge in [-0.2, -0.15) is 0 Å². The summed E-state index contributed by atoms with van der Waals surface area (Å²) < 4.78 is 0. The van der Waals surface area contributed by atoms with Gasteiger partial charge in [0.25, 0.3) is 0 Å². The molecule has 2 atom stereocenters. The minimum Gasteiger partial charge on any atom is -0.295 e. The van der Waals surface area contributed by atoms with Gasteiger partial charge in [-0.05, 0) is 64.7 Å². The molecule has 28 heavy (non-hydrogen) atoms. The summed E-state index contributed by atoms with van der Waals surface area (Å²) in [5.74, 6) is 1.11. The van der Waals surface area contributed by atoms with Gasteiger partial charge < -0.3 is 0 Å². The Bertz CT molecular complexity index is 1060. The number of allylic oxidation sites excluding steroid dienone is 6. The molecule has 1 heteroatoms. The standard InChI is InChI=1S/C27H26O/c1-17(28)19-13-14-24-22(15-19)26-23(16-27(24,2)3)25(26)21-12-8-7-11-20(21)18-9-5-4-6-10-18/h4-10,12-15,20,23H,11,16H2,1-3H3. The number of ketones is 1. The third-order valence-corrected chi connectivity index (χ3v) is 6.74. The van der Waals surface area contributed by atoms with Gasteiger partial charge in [0, 0.05) is 17.4 Å². The highest BCUT2D eigenvalue weighted by atomic mass is 16.1. The molecule has 1 nitrogen and oxygen atoms in total. The fourth-order valence-electron chi connectivity index (χ4n) is 5.27. The van der Waals surface area contributed by atoms with Crippen LogP contribution in [0.3, 0.4) is 0 Å². The van der Waals surface area contributed by atoms with Crippen LogP contribution in [0.4, 0.5) is 0 Å². The number of hydrogen-bond acceptors (Lipinski definition) is 1. The van der Waals surface area contributed by atoms with Gasteiger partial charge in [-0.3, -0.25) is 4.79 Å². The first kappa shape index (κ1) is 17.4. The van der Waals surface area contributed by atoms with Gasteiger partial charge >= 0.3 is 0 Å². The maximum absolute atomic E-state index is 12.0. The first-order chi connectivity index (χ1) is 13.5. The molecule has 3 aliphatic carbocycles. The zero-order valence-corrected chi connectivity index (χ0v) is 16.8. The van der Waals surface area contributed by atoms with Crippen molar-refractivity contribution in [2.24, 2.45) is 5.92 Å². The Morgan fingerprint density at radius 2 is 1.79 bits per heavy atom. The lowest BCUT2D eigenvalue weighted by atomic mass is 9.71. The summed E-state index contributed by atoms with van der Waals surface area (Å²) in [6.45, 7) is 6.35. The predicted molar refractivity (Wildman–Crippen MR) is 116 cm³/mol. The van der Waals surface area contributed by atoms with Crippen LogP contribution < -0.4 is 0 Å². The Morgan fingerprint density at radius 1 is 1.00 bits per heavy atom. The molecule has 2 aromatic carbocycles. The van der Waals surface area contributed by atoms with Crippen LogP contribution in [0, 0.1) is 5.92 Å². The molecule has 0 spiro atoms. The fraction of sp³-hybridized carbons (Fsp3) is 0.296. The van der Waals surface area contributed by atoms with Crippen molar-refractivity contribution in [3.8, 4) is 0 Å². The monoisotopic (exact) mass is 366 g/mol. The predicted octanol–water partition coefficient (Wildman–Crippen LogP) is 6.62.